The van der Waals surface area contributed by atoms with E-state index in [0.29, 0.717) is 12.8 Å². The van der Waals surface area contributed by atoms with Gasteiger partial charge < -0.3 is 14.8 Å². The number of β-lactam (4-membered cyclic amide) rings is 1. The largest absolute Gasteiger partial charge is 1.00 e. The molecule has 14 heavy (non-hydrogen) atoms. The Morgan fingerprint density at radius 1 is 1.50 bits per heavy atom. The minimum atomic E-state index is -1.24. The molecule has 1 fully saturated rings. The third kappa shape index (κ3) is 1.33. The Hall–Kier alpha value is -0.320. The molecule has 0 N–H and O–H groups in total. The van der Waals surface area contributed by atoms with Gasteiger partial charge in [0.2, 0.25) is 5.91 Å². The minimum Gasteiger partial charge on any atom is -0.543 e. The van der Waals surface area contributed by atoms with Crippen molar-refractivity contribution in [2.45, 2.75) is 32.2 Å². The predicted molar refractivity (Wildman–Crippen MR) is 42.2 cm³/mol. The molecule has 0 unspecified atom stereocenters. The Kier molecular flexibility index (Phi) is 2.82. The molecule has 0 radical (unpaired) electrons. The summed E-state index contributed by atoms with van der Waals surface area (Å²) in [7, 11) is 0. The van der Waals surface area contributed by atoms with E-state index in [-0.39, 0.29) is 46.7 Å². The van der Waals surface area contributed by atoms with Crippen LogP contribution in [0.2, 0.25) is 0 Å². The summed E-state index contributed by atoms with van der Waals surface area (Å²) in [6.45, 7) is 3.63. The van der Waals surface area contributed by atoms with E-state index in [1.807, 2.05) is 6.92 Å². The third-order valence-electron chi connectivity index (χ3n) is 2.79. The average molecular weight is 203 g/mol. The van der Waals surface area contributed by atoms with E-state index >= 15 is 0 Å². The first-order valence-electron chi connectivity index (χ1n) is 4.20. The number of rotatable bonds is 1. The van der Waals surface area contributed by atoms with E-state index < -0.39 is 5.97 Å². The van der Waals surface area contributed by atoms with Gasteiger partial charge in [-0.3, -0.25) is 4.79 Å². The smallest absolute Gasteiger partial charge is 0.543 e. The second kappa shape index (κ2) is 3.36. The van der Waals surface area contributed by atoms with Crippen LogP contribution in [0.5, 0.6) is 0 Å². The summed E-state index contributed by atoms with van der Waals surface area (Å²) in [6.07, 6.45) is 1.10. The fourth-order valence-electron chi connectivity index (χ4n) is 2.34. The molecule has 0 aliphatic carbocycles. The molecule has 0 saturated carbocycles. The quantitative estimate of drug-likeness (QED) is 0.327. The van der Waals surface area contributed by atoms with Gasteiger partial charge >= 0.3 is 29.6 Å². The van der Waals surface area contributed by atoms with Crippen LogP contribution in [0.1, 0.15) is 26.7 Å². The van der Waals surface area contributed by atoms with E-state index in [0.717, 1.165) is 5.57 Å². The molecule has 0 aromatic heterocycles. The van der Waals surface area contributed by atoms with Crippen LogP contribution in [0.25, 0.3) is 0 Å². The summed E-state index contributed by atoms with van der Waals surface area (Å²) in [4.78, 5) is 23.3. The molecule has 0 bridgehead atoms. The zero-order chi connectivity index (χ0) is 9.80. The Balaban J connectivity index is 0.000000980. The van der Waals surface area contributed by atoms with Crippen LogP contribution in [-0.2, 0) is 9.59 Å². The number of carbonyl (C=O) groups is 2. The second-order valence-electron chi connectivity index (χ2n) is 4.00. The molecule has 70 valence electrons. The number of nitrogens with zero attached hydrogens (tertiary/aromatic N) is 1. The maximum absolute atomic E-state index is 11.2. The fraction of sp³-hybridized carbons (Fsp3) is 0.556. The van der Waals surface area contributed by atoms with Gasteiger partial charge in [-0.25, -0.2) is 0 Å². The molecule has 0 aromatic rings. The average Bonchev–Trinajstić information content (AvgIpc) is 2.17. The summed E-state index contributed by atoms with van der Waals surface area (Å²) in [6, 6.07) is 0. The Bertz CT molecular complexity index is 350. The summed E-state index contributed by atoms with van der Waals surface area (Å²) >= 11 is 0. The Labute approximate surface area is 104 Å². The van der Waals surface area contributed by atoms with Crippen molar-refractivity contribution in [1.82, 2.24) is 4.90 Å². The zero-order valence-electron chi connectivity index (χ0n) is 8.59. The van der Waals surface area contributed by atoms with Crippen molar-refractivity contribution in [3.63, 3.8) is 0 Å². The van der Waals surface area contributed by atoms with E-state index in [1.54, 1.807) is 6.92 Å². The summed E-state index contributed by atoms with van der Waals surface area (Å²) < 4.78 is 0. The number of fused-ring (bicyclic) bond motifs is 1. The first kappa shape index (κ1) is 11.8. The maximum atomic E-state index is 11.2. The number of hydrogen-bond acceptors (Lipinski definition) is 3. The standard InChI is InChI=1S/C9H11NO3.Na/c1-5-3-9(2)4-6(11)10(9)7(5)8(12)13;/h3-4H2,1-2H3,(H,12,13);/q;+1/p-1/t9-;/m1./s1. The molecule has 0 spiro atoms. The van der Waals surface area contributed by atoms with Crippen LogP contribution < -0.4 is 34.7 Å². The van der Waals surface area contributed by atoms with Crippen molar-refractivity contribution in [1.29, 1.82) is 0 Å². The first-order valence-corrected chi connectivity index (χ1v) is 4.20. The summed E-state index contributed by atoms with van der Waals surface area (Å²) in [5.74, 6) is -1.35. The van der Waals surface area contributed by atoms with Gasteiger partial charge in [0.25, 0.3) is 0 Å². The predicted octanol–water partition coefficient (Wildman–Crippen LogP) is -3.59. The van der Waals surface area contributed by atoms with Gasteiger partial charge in [-0.05, 0) is 25.8 Å². The van der Waals surface area contributed by atoms with Crippen molar-refractivity contribution in [2.75, 3.05) is 0 Å². The SMILES string of the molecule is CC1=C(C(=O)[O-])N2C(=O)C[C@@]2(C)C1.[Na+]. The van der Waals surface area contributed by atoms with Gasteiger partial charge in [-0.15, -0.1) is 0 Å². The van der Waals surface area contributed by atoms with Crippen LogP contribution in [0.4, 0.5) is 0 Å². The molecule has 4 nitrogen and oxygen atoms in total. The molecule has 1 saturated heterocycles. The van der Waals surface area contributed by atoms with Crippen molar-refractivity contribution >= 4 is 11.9 Å². The van der Waals surface area contributed by atoms with Crippen molar-refractivity contribution in [3.8, 4) is 0 Å². The zero-order valence-corrected chi connectivity index (χ0v) is 10.6. The van der Waals surface area contributed by atoms with Gasteiger partial charge in [0.05, 0.1) is 23.6 Å². The normalized spacial score (nSPS) is 29.6. The number of carbonyl (C=O) groups excluding carboxylic acids is 2. The molecular weight excluding hydrogens is 193 g/mol. The van der Waals surface area contributed by atoms with E-state index in [2.05, 4.69) is 0 Å². The molecule has 0 aromatic carbocycles. The van der Waals surface area contributed by atoms with Crippen LogP contribution in [0, 0.1) is 0 Å². The molecule has 2 heterocycles. The van der Waals surface area contributed by atoms with Crippen LogP contribution in [0.15, 0.2) is 11.3 Å². The summed E-state index contributed by atoms with van der Waals surface area (Å²) in [5.41, 5.74) is 0.545. The second-order valence-corrected chi connectivity index (χ2v) is 4.00. The van der Waals surface area contributed by atoms with Gasteiger partial charge in [0, 0.05) is 0 Å². The monoisotopic (exact) mass is 203 g/mol. The van der Waals surface area contributed by atoms with Gasteiger partial charge in [-0.1, -0.05) is 0 Å². The van der Waals surface area contributed by atoms with Gasteiger partial charge in [0.1, 0.15) is 0 Å². The minimum absolute atomic E-state index is 0. The molecule has 2 aliphatic heterocycles. The Morgan fingerprint density at radius 3 is 2.43 bits per heavy atom. The van der Waals surface area contributed by atoms with Crippen molar-refractivity contribution in [2.24, 2.45) is 0 Å². The van der Waals surface area contributed by atoms with Crippen LogP contribution in [0.3, 0.4) is 0 Å². The van der Waals surface area contributed by atoms with E-state index in [9.17, 15) is 14.7 Å². The van der Waals surface area contributed by atoms with Gasteiger partial charge in [0.15, 0.2) is 0 Å². The number of carboxylic acids is 1. The van der Waals surface area contributed by atoms with Crippen LogP contribution >= 0.6 is 0 Å². The van der Waals surface area contributed by atoms with E-state index in [4.69, 9.17) is 0 Å². The molecular formula is C9H10NNaO3. The molecule has 5 heteroatoms. The number of aliphatic carboxylic acids is 1. The molecule has 1 atom stereocenters. The molecule has 1 amide bonds. The third-order valence-corrected chi connectivity index (χ3v) is 2.79. The van der Waals surface area contributed by atoms with Crippen LogP contribution in [-0.4, -0.2) is 22.3 Å². The van der Waals surface area contributed by atoms with Gasteiger partial charge in [-0.2, -0.15) is 0 Å². The number of hydrogen-bond donors (Lipinski definition) is 0. The topological polar surface area (TPSA) is 60.4 Å². The van der Waals surface area contributed by atoms with Crippen molar-refractivity contribution < 1.29 is 44.3 Å². The maximum Gasteiger partial charge on any atom is 1.00 e. The molecule has 2 rings (SSSR count). The fourth-order valence-corrected chi connectivity index (χ4v) is 2.34. The number of carboxylic acid groups (broad SMARTS) is 1. The molecule has 2 aliphatic rings. The Morgan fingerprint density at radius 2 is 2.07 bits per heavy atom. The summed E-state index contributed by atoms with van der Waals surface area (Å²) in [5, 5.41) is 10.7. The van der Waals surface area contributed by atoms with Crippen molar-refractivity contribution in [3.05, 3.63) is 11.3 Å². The van der Waals surface area contributed by atoms with E-state index in [1.165, 1.54) is 4.90 Å². The first-order chi connectivity index (χ1) is 5.96. The number of amides is 1.